The lowest BCUT2D eigenvalue weighted by molar-refractivity contribution is -0.385. The average molecular weight is 577 g/mol. The zero-order chi connectivity index (χ0) is 23.4. The third kappa shape index (κ3) is 3.42. The van der Waals surface area contributed by atoms with E-state index in [1.54, 1.807) is 24.3 Å². The maximum atomic E-state index is 13.6. The number of halogens is 2. The fraction of sp³-hybridized carbons (Fsp3) is 0.348. The van der Waals surface area contributed by atoms with Gasteiger partial charge in [0.05, 0.1) is 23.3 Å². The minimum Gasteiger partial charge on any atom is -0.272 e. The lowest BCUT2D eigenvalue weighted by Gasteiger charge is -2.31. The van der Waals surface area contributed by atoms with Crippen LogP contribution >= 0.6 is 31.9 Å². The summed E-state index contributed by atoms with van der Waals surface area (Å²) in [5.41, 5.74) is 0.151. The van der Waals surface area contributed by atoms with E-state index in [9.17, 15) is 24.5 Å². The first-order chi connectivity index (χ1) is 15.8. The van der Waals surface area contributed by atoms with Gasteiger partial charge in [0.1, 0.15) is 5.56 Å². The van der Waals surface area contributed by atoms with Crippen LogP contribution in [0.25, 0.3) is 0 Å². The third-order valence-corrected chi connectivity index (χ3v) is 10.2. The topological polar surface area (TPSA) is 101 Å². The van der Waals surface area contributed by atoms with Crippen LogP contribution < -0.4 is 0 Å². The van der Waals surface area contributed by atoms with Crippen LogP contribution in [0, 0.1) is 33.8 Å². The molecule has 2 aliphatic carbocycles. The van der Waals surface area contributed by atoms with E-state index in [-0.39, 0.29) is 39.3 Å². The number of hydrazine groups is 1. The molecule has 2 saturated carbocycles. The molecule has 0 radical (unpaired) electrons. The molecule has 1 heterocycles. The first kappa shape index (κ1) is 22.2. The van der Waals surface area contributed by atoms with Crippen LogP contribution in [-0.4, -0.2) is 42.3 Å². The van der Waals surface area contributed by atoms with Gasteiger partial charge in [-0.05, 0) is 29.9 Å². The van der Waals surface area contributed by atoms with Gasteiger partial charge in [-0.2, -0.15) is 5.01 Å². The number of hydrogen-bond donors (Lipinski definition) is 0. The molecular formula is C23H19Br2N3O5. The van der Waals surface area contributed by atoms with Crippen molar-refractivity contribution in [2.45, 2.75) is 22.6 Å². The molecule has 0 aromatic heterocycles. The van der Waals surface area contributed by atoms with Crippen molar-refractivity contribution in [3.05, 3.63) is 75.8 Å². The molecule has 1 aliphatic heterocycles. The second-order valence-corrected chi connectivity index (χ2v) is 10.7. The number of rotatable bonds is 5. The summed E-state index contributed by atoms with van der Waals surface area (Å²) in [4.78, 5) is 51.8. The van der Waals surface area contributed by atoms with Crippen molar-refractivity contribution in [1.82, 2.24) is 10.0 Å². The van der Waals surface area contributed by atoms with Crippen LogP contribution in [0.1, 0.15) is 22.3 Å². The molecule has 2 bridgehead atoms. The van der Waals surface area contributed by atoms with Crippen molar-refractivity contribution in [2.75, 3.05) is 0 Å². The van der Waals surface area contributed by atoms with E-state index in [2.05, 4.69) is 31.9 Å². The minimum atomic E-state index is -0.758. The summed E-state index contributed by atoms with van der Waals surface area (Å²) >= 11 is 7.32. The van der Waals surface area contributed by atoms with E-state index in [1.165, 1.54) is 24.3 Å². The van der Waals surface area contributed by atoms with E-state index in [0.29, 0.717) is 5.56 Å². The Morgan fingerprint density at radius 3 is 2.09 bits per heavy atom. The molecule has 170 valence electrons. The van der Waals surface area contributed by atoms with Crippen molar-refractivity contribution in [2.24, 2.45) is 23.7 Å². The number of alkyl halides is 2. The number of hydrogen-bond acceptors (Lipinski definition) is 5. The Morgan fingerprint density at radius 2 is 1.52 bits per heavy atom. The summed E-state index contributed by atoms with van der Waals surface area (Å²) in [6.45, 7) is -0.0620. The fourth-order valence-corrected chi connectivity index (χ4v) is 7.39. The molecule has 6 atom stereocenters. The Balaban J connectivity index is 1.56. The number of nitro groups is 1. The number of imide groups is 1. The highest BCUT2D eigenvalue weighted by molar-refractivity contribution is 9.12. The molecule has 3 amide bonds. The standard InChI is InChI=1S/C23H19Br2N3O5/c24-19-14-10-15(20(19)25)18-17(14)22(30)27(23(18)31)26(11-12-6-2-1-3-7-12)21(29)13-8-4-5-9-16(13)28(32)33/h1-9,14-15,17-20H,10-11H2/t14-,15-,17-,18-,19-,20+/m1/s1. The highest BCUT2D eigenvalue weighted by Gasteiger charge is 2.67. The van der Waals surface area contributed by atoms with Crippen LogP contribution in [0.3, 0.4) is 0 Å². The van der Waals surface area contributed by atoms with E-state index >= 15 is 0 Å². The lowest BCUT2D eigenvalue weighted by atomic mass is 9.81. The Hall–Kier alpha value is -2.59. The number of nitro benzene ring substituents is 1. The van der Waals surface area contributed by atoms with Crippen LogP contribution in [0.4, 0.5) is 5.69 Å². The van der Waals surface area contributed by atoms with Gasteiger partial charge >= 0.3 is 0 Å². The van der Waals surface area contributed by atoms with E-state index in [0.717, 1.165) is 16.4 Å². The van der Waals surface area contributed by atoms with Crippen LogP contribution in [0.2, 0.25) is 0 Å². The lowest BCUT2D eigenvalue weighted by Crippen LogP contribution is -2.50. The highest BCUT2D eigenvalue weighted by atomic mass is 79.9. The van der Waals surface area contributed by atoms with Crippen molar-refractivity contribution in [1.29, 1.82) is 0 Å². The molecule has 33 heavy (non-hydrogen) atoms. The molecule has 8 nitrogen and oxygen atoms in total. The maximum Gasteiger partial charge on any atom is 0.282 e. The highest BCUT2D eigenvalue weighted by Crippen LogP contribution is 2.60. The van der Waals surface area contributed by atoms with Gasteiger partial charge in [-0.25, -0.2) is 5.01 Å². The van der Waals surface area contributed by atoms with E-state index < -0.39 is 34.5 Å². The van der Waals surface area contributed by atoms with Gasteiger partial charge < -0.3 is 0 Å². The van der Waals surface area contributed by atoms with Gasteiger partial charge in [-0.1, -0.05) is 74.3 Å². The quantitative estimate of drug-likeness (QED) is 0.232. The number of nitrogens with zero attached hydrogens (tertiary/aromatic N) is 3. The molecule has 0 N–H and O–H groups in total. The van der Waals surface area contributed by atoms with Crippen molar-refractivity contribution in [3.8, 4) is 0 Å². The monoisotopic (exact) mass is 575 g/mol. The molecule has 3 aliphatic rings. The Bertz CT molecular complexity index is 1130. The molecule has 10 heteroatoms. The molecule has 1 saturated heterocycles. The molecule has 0 unspecified atom stereocenters. The van der Waals surface area contributed by atoms with E-state index in [4.69, 9.17) is 0 Å². The summed E-state index contributed by atoms with van der Waals surface area (Å²) in [7, 11) is 0. The van der Waals surface area contributed by atoms with Crippen molar-refractivity contribution in [3.63, 3.8) is 0 Å². The summed E-state index contributed by atoms with van der Waals surface area (Å²) in [5.74, 6) is -2.61. The zero-order valence-electron chi connectivity index (χ0n) is 17.2. The predicted molar refractivity (Wildman–Crippen MR) is 125 cm³/mol. The number of amides is 3. The second kappa shape index (κ2) is 8.32. The third-order valence-electron chi connectivity index (χ3n) is 6.95. The van der Waals surface area contributed by atoms with Gasteiger partial charge in [0, 0.05) is 15.7 Å². The van der Waals surface area contributed by atoms with Gasteiger partial charge in [-0.3, -0.25) is 24.5 Å². The van der Waals surface area contributed by atoms with Crippen LogP contribution in [-0.2, 0) is 16.1 Å². The first-order valence-corrected chi connectivity index (χ1v) is 12.4. The van der Waals surface area contributed by atoms with Gasteiger partial charge in [0.25, 0.3) is 23.4 Å². The smallest absolute Gasteiger partial charge is 0.272 e. The Labute approximate surface area is 206 Å². The number of fused-ring (bicyclic) bond motifs is 5. The van der Waals surface area contributed by atoms with Gasteiger partial charge in [-0.15, -0.1) is 0 Å². The zero-order valence-corrected chi connectivity index (χ0v) is 20.4. The number of carbonyl (C=O) groups excluding carboxylic acids is 3. The largest absolute Gasteiger partial charge is 0.282 e. The van der Waals surface area contributed by atoms with Crippen LogP contribution in [0.15, 0.2) is 54.6 Å². The molecular weight excluding hydrogens is 558 g/mol. The minimum absolute atomic E-state index is 0.00874. The Morgan fingerprint density at radius 1 is 0.970 bits per heavy atom. The molecule has 2 aromatic carbocycles. The average Bonchev–Trinajstić information content (AvgIpc) is 3.43. The summed E-state index contributed by atoms with van der Waals surface area (Å²) in [6.07, 6.45) is 0.767. The summed E-state index contributed by atoms with van der Waals surface area (Å²) < 4.78 is 0. The summed E-state index contributed by atoms with van der Waals surface area (Å²) in [6, 6.07) is 14.5. The molecule has 0 spiro atoms. The second-order valence-electron chi connectivity index (χ2n) is 8.61. The normalized spacial score (nSPS) is 29.9. The van der Waals surface area contributed by atoms with Gasteiger partial charge in [0.15, 0.2) is 0 Å². The number of carbonyl (C=O) groups is 3. The fourth-order valence-electron chi connectivity index (χ4n) is 5.51. The van der Waals surface area contributed by atoms with Crippen molar-refractivity contribution >= 4 is 55.3 Å². The number of benzene rings is 2. The van der Waals surface area contributed by atoms with Crippen LogP contribution in [0.5, 0.6) is 0 Å². The SMILES string of the molecule is O=C(c1ccccc1[N+](=O)[O-])N(Cc1ccccc1)N1C(=O)[C@@H]2[C@H]3C[C@@H]([C@@H](Br)[C@H]3Br)[C@H]2C1=O. The van der Waals surface area contributed by atoms with Gasteiger partial charge in [0.2, 0.25) is 0 Å². The maximum absolute atomic E-state index is 13.6. The Kier molecular flexibility index (Phi) is 5.60. The predicted octanol–water partition coefficient (Wildman–Crippen LogP) is 3.93. The van der Waals surface area contributed by atoms with Crippen molar-refractivity contribution < 1.29 is 19.3 Å². The molecule has 5 rings (SSSR count). The number of para-hydroxylation sites is 1. The first-order valence-electron chi connectivity index (χ1n) is 10.6. The molecule has 2 aromatic rings. The van der Waals surface area contributed by atoms with E-state index in [1.807, 2.05) is 6.07 Å². The summed E-state index contributed by atoms with van der Waals surface area (Å²) in [5, 5.41) is 13.6. The molecule has 3 fully saturated rings.